The highest BCUT2D eigenvalue weighted by Gasteiger charge is 2.37. The second-order valence-corrected chi connectivity index (χ2v) is 14.9. The van der Waals surface area contributed by atoms with Crippen LogP contribution >= 0.6 is 0 Å². The first kappa shape index (κ1) is 32.0. The Balaban J connectivity index is 1.22. The van der Waals surface area contributed by atoms with Crippen molar-refractivity contribution in [3.63, 3.8) is 0 Å². The van der Waals surface area contributed by atoms with Gasteiger partial charge in [-0.15, -0.1) is 0 Å². The SMILES string of the molecule is CC1(C)c2cc(N(c3ccc(-c4ccccc4)cc3)c3cc4ccccc4cc3-c3cccc4ccccc34)ccc2-c2c(-c3ccccc3)cccc21. The number of anilines is 3. The van der Waals surface area contributed by atoms with Gasteiger partial charge in [-0.25, -0.2) is 0 Å². The smallest absolute Gasteiger partial charge is 0.0546 e. The molecule has 0 bridgehead atoms. The molecule has 0 aliphatic heterocycles. The summed E-state index contributed by atoms with van der Waals surface area (Å²) in [4.78, 5) is 2.48. The quantitative estimate of drug-likeness (QED) is 0.168. The summed E-state index contributed by atoms with van der Waals surface area (Å²) >= 11 is 0. The molecular weight excluding hydrogens is 651 g/mol. The average Bonchev–Trinajstić information content (AvgIpc) is 3.47. The van der Waals surface area contributed by atoms with E-state index in [0.29, 0.717) is 0 Å². The van der Waals surface area contributed by atoms with Crippen LogP contribution in [0.25, 0.3) is 66.1 Å². The summed E-state index contributed by atoms with van der Waals surface area (Å²) in [6.07, 6.45) is 0. The minimum Gasteiger partial charge on any atom is -0.310 e. The van der Waals surface area contributed by atoms with E-state index in [0.717, 1.165) is 17.1 Å². The molecule has 10 rings (SSSR count). The lowest BCUT2D eigenvalue weighted by molar-refractivity contribution is 0.660. The number of rotatable bonds is 6. The maximum absolute atomic E-state index is 2.48. The molecule has 1 heteroatoms. The molecule has 0 unspecified atom stereocenters. The molecule has 54 heavy (non-hydrogen) atoms. The van der Waals surface area contributed by atoms with Gasteiger partial charge in [-0.2, -0.15) is 0 Å². The molecular formula is C53H39N. The molecule has 9 aromatic carbocycles. The van der Waals surface area contributed by atoms with Gasteiger partial charge in [0.25, 0.3) is 0 Å². The molecule has 0 aromatic heterocycles. The minimum absolute atomic E-state index is 0.184. The molecule has 0 atom stereocenters. The second kappa shape index (κ2) is 12.8. The predicted octanol–water partition coefficient (Wildman–Crippen LogP) is 14.8. The number of hydrogen-bond acceptors (Lipinski definition) is 1. The first-order valence-corrected chi connectivity index (χ1v) is 18.8. The fraction of sp³-hybridized carbons (Fsp3) is 0.0566. The van der Waals surface area contributed by atoms with Gasteiger partial charge in [0.2, 0.25) is 0 Å². The number of hydrogen-bond donors (Lipinski definition) is 0. The van der Waals surface area contributed by atoms with Crippen LogP contribution in [0.5, 0.6) is 0 Å². The first-order valence-electron chi connectivity index (χ1n) is 18.8. The Kier molecular flexibility index (Phi) is 7.56. The molecule has 9 aromatic rings. The highest BCUT2D eigenvalue weighted by Crippen LogP contribution is 2.54. The zero-order valence-corrected chi connectivity index (χ0v) is 30.5. The molecule has 1 nitrogen and oxygen atoms in total. The van der Waals surface area contributed by atoms with Gasteiger partial charge >= 0.3 is 0 Å². The molecule has 0 fully saturated rings. The van der Waals surface area contributed by atoms with E-state index in [1.807, 2.05) is 0 Å². The maximum atomic E-state index is 2.48. The van der Waals surface area contributed by atoms with Crippen LogP contribution in [0.2, 0.25) is 0 Å². The van der Waals surface area contributed by atoms with Crippen molar-refractivity contribution in [3.8, 4) is 44.5 Å². The van der Waals surface area contributed by atoms with Crippen molar-refractivity contribution < 1.29 is 0 Å². The summed E-state index contributed by atoms with van der Waals surface area (Å²) in [5.74, 6) is 0. The van der Waals surface area contributed by atoms with E-state index in [1.165, 1.54) is 77.2 Å². The van der Waals surface area contributed by atoms with E-state index >= 15 is 0 Å². The van der Waals surface area contributed by atoms with Gasteiger partial charge in [0.05, 0.1) is 5.69 Å². The van der Waals surface area contributed by atoms with Gasteiger partial charge in [0.1, 0.15) is 0 Å². The Morgan fingerprint density at radius 2 is 0.926 bits per heavy atom. The monoisotopic (exact) mass is 689 g/mol. The van der Waals surface area contributed by atoms with Gasteiger partial charge < -0.3 is 4.90 Å². The lowest BCUT2D eigenvalue weighted by Crippen LogP contribution is -2.17. The van der Waals surface area contributed by atoms with Crippen LogP contribution in [0, 0.1) is 0 Å². The third-order valence-corrected chi connectivity index (χ3v) is 11.4. The Labute approximate surface area is 317 Å². The van der Waals surface area contributed by atoms with Gasteiger partial charge in [0, 0.05) is 22.4 Å². The highest BCUT2D eigenvalue weighted by molar-refractivity contribution is 6.06. The molecule has 0 heterocycles. The molecule has 256 valence electrons. The number of benzene rings is 9. The fourth-order valence-corrected chi connectivity index (χ4v) is 8.72. The van der Waals surface area contributed by atoms with Gasteiger partial charge in [-0.3, -0.25) is 0 Å². The van der Waals surface area contributed by atoms with Gasteiger partial charge in [-0.1, -0.05) is 178 Å². The van der Waals surface area contributed by atoms with Crippen LogP contribution in [0.1, 0.15) is 25.0 Å². The van der Waals surface area contributed by atoms with E-state index in [4.69, 9.17) is 0 Å². The van der Waals surface area contributed by atoms with Gasteiger partial charge in [0.15, 0.2) is 0 Å². The van der Waals surface area contributed by atoms with Crippen molar-refractivity contribution in [2.75, 3.05) is 4.90 Å². The van der Waals surface area contributed by atoms with Crippen molar-refractivity contribution in [1.29, 1.82) is 0 Å². The Morgan fingerprint density at radius 1 is 0.352 bits per heavy atom. The largest absolute Gasteiger partial charge is 0.310 e. The number of nitrogens with zero attached hydrogens (tertiary/aromatic N) is 1. The van der Waals surface area contributed by atoms with Crippen molar-refractivity contribution in [3.05, 3.63) is 211 Å². The minimum atomic E-state index is -0.184. The summed E-state index contributed by atoms with van der Waals surface area (Å²) in [5, 5.41) is 4.92. The molecule has 1 aliphatic carbocycles. The van der Waals surface area contributed by atoms with Crippen LogP contribution in [0.15, 0.2) is 200 Å². The summed E-state index contributed by atoms with van der Waals surface area (Å²) in [6.45, 7) is 4.76. The van der Waals surface area contributed by atoms with E-state index in [-0.39, 0.29) is 5.41 Å². The third-order valence-electron chi connectivity index (χ3n) is 11.4. The van der Waals surface area contributed by atoms with Gasteiger partial charge in [-0.05, 0) is 108 Å². The molecule has 0 saturated carbocycles. The highest BCUT2D eigenvalue weighted by atomic mass is 15.1. The summed E-state index contributed by atoms with van der Waals surface area (Å²) in [7, 11) is 0. The summed E-state index contributed by atoms with van der Waals surface area (Å²) < 4.78 is 0. The van der Waals surface area contributed by atoms with Crippen LogP contribution in [0.4, 0.5) is 17.1 Å². The van der Waals surface area contributed by atoms with Crippen LogP contribution in [-0.2, 0) is 5.41 Å². The molecule has 0 amide bonds. The average molecular weight is 690 g/mol. The van der Waals surface area contributed by atoms with E-state index in [2.05, 4.69) is 219 Å². The Bertz CT molecular complexity index is 2830. The topological polar surface area (TPSA) is 3.24 Å². The molecule has 0 N–H and O–H groups in total. The molecule has 0 spiro atoms. The van der Waals surface area contributed by atoms with E-state index in [1.54, 1.807) is 0 Å². The molecule has 0 saturated heterocycles. The zero-order chi connectivity index (χ0) is 36.2. The van der Waals surface area contributed by atoms with Crippen molar-refractivity contribution in [2.45, 2.75) is 19.3 Å². The normalized spacial score (nSPS) is 12.8. The Hall–Kier alpha value is -6.70. The zero-order valence-electron chi connectivity index (χ0n) is 30.5. The summed E-state index contributed by atoms with van der Waals surface area (Å²) in [5.41, 5.74) is 16.0. The fourth-order valence-electron chi connectivity index (χ4n) is 8.72. The van der Waals surface area contributed by atoms with Crippen LogP contribution in [0.3, 0.4) is 0 Å². The van der Waals surface area contributed by atoms with Crippen molar-refractivity contribution in [1.82, 2.24) is 0 Å². The van der Waals surface area contributed by atoms with E-state index in [9.17, 15) is 0 Å². The van der Waals surface area contributed by atoms with Crippen molar-refractivity contribution >= 4 is 38.6 Å². The van der Waals surface area contributed by atoms with Crippen LogP contribution in [-0.4, -0.2) is 0 Å². The van der Waals surface area contributed by atoms with Crippen molar-refractivity contribution in [2.24, 2.45) is 0 Å². The lowest BCUT2D eigenvalue weighted by Gasteiger charge is -2.30. The molecule has 1 aliphatic rings. The van der Waals surface area contributed by atoms with Crippen LogP contribution < -0.4 is 4.90 Å². The Morgan fingerprint density at radius 3 is 1.69 bits per heavy atom. The molecule has 0 radical (unpaired) electrons. The maximum Gasteiger partial charge on any atom is 0.0546 e. The van der Waals surface area contributed by atoms with E-state index < -0.39 is 0 Å². The number of fused-ring (bicyclic) bond motifs is 5. The summed E-state index contributed by atoms with van der Waals surface area (Å²) in [6, 6.07) is 73.5. The second-order valence-electron chi connectivity index (χ2n) is 14.9. The third kappa shape index (κ3) is 5.24. The standard InChI is InChI=1S/C53H39N/c1-53(2)49-26-14-24-45(39-17-7-4-8-18-39)52(49)47-32-31-43(35-50(47)53)54(42-29-27-37(28-30-42)36-15-5-3-6-16-36)51-34-41-21-10-9-20-40(41)33-48(51)46-25-13-22-38-19-11-12-23-44(38)46/h3-35H,1-2H3. The predicted molar refractivity (Wildman–Crippen MR) is 230 cm³/mol. The first-order chi connectivity index (χ1) is 26.5. The lowest BCUT2D eigenvalue weighted by atomic mass is 9.81.